The van der Waals surface area contributed by atoms with Crippen LogP contribution in [0.3, 0.4) is 0 Å². The molecule has 1 unspecified atom stereocenters. The predicted molar refractivity (Wildman–Crippen MR) is 185 cm³/mol. The number of ether oxygens (including phenoxy) is 2. The van der Waals surface area contributed by atoms with E-state index in [2.05, 4.69) is 19.8 Å². The molecule has 0 bridgehead atoms. The lowest BCUT2D eigenvalue weighted by Crippen LogP contribution is -2.35. The summed E-state index contributed by atoms with van der Waals surface area (Å²) < 4.78 is 11.3. The smallest absolute Gasteiger partial charge is 0.315 e. The molecule has 0 saturated heterocycles. The van der Waals surface area contributed by atoms with Crippen molar-refractivity contribution in [1.82, 2.24) is 5.32 Å². The minimum Gasteiger partial charge on any atom is -0.422 e. The van der Waals surface area contributed by atoms with Gasteiger partial charge in [-0.1, -0.05) is 78.9 Å². The maximum atomic E-state index is 13.2. The molecular weight excluding hydrogens is 712 g/mol. The highest BCUT2D eigenvalue weighted by Gasteiger charge is 2.20. The van der Waals surface area contributed by atoms with Gasteiger partial charge in [0.05, 0.1) is 19.3 Å². The fourth-order valence-electron chi connectivity index (χ4n) is 5.35. The highest BCUT2D eigenvalue weighted by molar-refractivity contribution is 5.80. The van der Waals surface area contributed by atoms with Gasteiger partial charge in [-0.05, 0) is 64.4 Å². The fraction of sp³-hybridized carbons (Fsp3) is 0.250. The summed E-state index contributed by atoms with van der Waals surface area (Å²) in [6.07, 6.45) is -0.462. The fourth-order valence-corrected chi connectivity index (χ4v) is 5.35. The molecule has 0 aliphatic heterocycles. The van der Waals surface area contributed by atoms with Crippen LogP contribution in [0.1, 0.15) is 45.9 Å². The summed E-state index contributed by atoms with van der Waals surface area (Å²) in [5, 5.41) is 32.2. The van der Waals surface area contributed by atoms with Crippen LogP contribution in [0.2, 0.25) is 0 Å². The topological polar surface area (TPSA) is 239 Å². The van der Waals surface area contributed by atoms with Crippen molar-refractivity contribution >= 4 is 17.8 Å². The van der Waals surface area contributed by atoms with E-state index in [0.29, 0.717) is 38.9 Å². The summed E-state index contributed by atoms with van der Waals surface area (Å²) in [4.78, 5) is 84.8. The quantitative estimate of drug-likeness (QED) is 0.0571. The number of esters is 2. The van der Waals surface area contributed by atoms with E-state index in [-0.39, 0.29) is 56.3 Å². The van der Waals surface area contributed by atoms with Crippen LogP contribution in [0.25, 0.3) is 0 Å². The molecule has 0 radical (unpaired) electrons. The number of amides is 1. The molecule has 282 valence electrons. The molecule has 0 aliphatic carbocycles. The van der Waals surface area contributed by atoms with Crippen LogP contribution in [0.5, 0.6) is 11.5 Å². The number of rotatable bonds is 20. The normalized spacial score (nSPS) is 11.1. The van der Waals surface area contributed by atoms with E-state index in [9.17, 15) is 44.7 Å². The van der Waals surface area contributed by atoms with Crippen molar-refractivity contribution in [2.75, 3.05) is 0 Å². The lowest BCUT2D eigenvalue weighted by Gasteiger charge is -2.17. The summed E-state index contributed by atoms with van der Waals surface area (Å²) in [5.41, 5.74) is 3.17. The number of benzene rings is 4. The molecule has 54 heavy (non-hydrogen) atoms. The third-order valence-electron chi connectivity index (χ3n) is 7.76. The van der Waals surface area contributed by atoms with E-state index < -0.39 is 39.8 Å². The summed E-state index contributed by atoms with van der Waals surface area (Å²) in [7, 11) is 0. The van der Waals surface area contributed by atoms with Crippen LogP contribution in [0.4, 0.5) is 0 Å². The second kappa shape index (κ2) is 19.5. The van der Waals surface area contributed by atoms with E-state index in [0.717, 1.165) is 0 Å². The maximum Gasteiger partial charge on any atom is 0.315 e. The minimum absolute atomic E-state index is 0.0746. The van der Waals surface area contributed by atoms with E-state index in [1.807, 2.05) is 0 Å². The molecule has 0 heterocycles. The molecule has 0 aliphatic rings. The zero-order valence-electron chi connectivity index (χ0n) is 28.7. The Morgan fingerprint density at radius 1 is 0.574 bits per heavy atom. The number of nitrogens with zero attached hydrogens (tertiary/aromatic N) is 3. The second-order valence-corrected chi connectivity index (χ2v) is 11.7. The van der Waals surface area contributed by atoms with Gasteiger partial charge in [0.2, 0.25) is 5.91 Å². The summed E-state index contributed by atoms with van der Waals surface area (Å²) in [6.45, 7) is 0.638. The van der Waals surface area contributed by atoms with Gasteiger partial charge in [0.1, 0.15) is 19.8 Å². The van der Waals surface area contributed by atoms with Crippen LogP contribution < -0.4 is 14.8 Å². The van der Waals surface area contributed by atoms with Crippen molar-refractivity contribution < 1.29 is 53.6 Å². The van der Waals surface area contributed by atoms with Crippen molar-refractivity contribution in [2.45, 2.75) is 58.5 Å². The first kappa shape index (κ1) is 39.7. The first-order chi connectivity index (χ1) is 25.9. The summed E-state index contributed by atoms with van der Waals surface area (Å²) in [6, 6.07) is 23.5. The van der Waals surface area contributed by atoms with E-state index >= 15 is 0 Å². The standard InChI is InChI=1S/C36H34N4O14/c1-24(37-34(41)18-26-8-2-5-11-29(26)21-50-38(44)45)16-25-14-15-32(53-35(42)19-27-9-3-6-12-30(27)22-51-39(46)47)33(17-25)54-36(43)20-28-10-4-7-13-31(28)23-52-40(48)49/h2-15,17,24H,16,18-23H2,1H3,(H,37,41). The van der Waals surface area contributed by atoms with Gasteiger partial charge in [-0.25, -0.2) is 0 Å². The highest BCUT2D eigenvalue weighted by Crippen LogP contribution is 2.30. The van der Waals surface area contributed by atoms with Crippen molar-refractivity contribution in [3.05, 3.63) is 160 Å². The lowest BCUT2D eigenvalue weighted by molar-refractivity contribution is -0.763. The van der Waals surface area contributed by atoms with Crippen LogP contribution in [-0.4, -0.2) is 39.1 Å². The number of hydrogen-bond donors (Lipinski definition) is 1. The molecule has 4 aromatic carbocycles. The van der Waals surface area contributed by atoms with Crippen molar-refractivity contribution in [3.8, 4) is 11.5 Å². The lowest BCUT2D eigenvalue weighted by atomic mass is 10.0. The molecule has 1 amide bonds. The Balaban J connectivity index is 1.51. The molecule has 18 nitrogen and oxygen atoms in total. The zero-order valence-corrected chi connectivity index (χ0v) is 28.7. The minimum atomic E-state index is -0.952. The zero-order chi connectivity index (χ0) is 39.0. The monoisotopic (exact) mass is 746 g/mol. The molecule has 0 fully saturated rings. The Bertz CT molecular complexity index is 2000. The first-order valence-corrected chi connectivity index (χ1v) is 16.2. The van der Waals surface area contributed by atoms with Gasteiger partial charge in [0, 0.05) is 6.04 Å². The van der Waals surface area contributed by atoms with Crippen LogP contribution >= 0.6 is 0 Å². The Morgan fingerprint density at radius 2 is 0.963 bits per heavy atom. The van der Waals surface area contributed by atoms with Gasteiger partial charge < -0.3 is 29.3 Å². The van der Waals surface area contributed by atoms with Crippen LogP contribution in [0.15, 0.2) is 91.0 Å². The highest BCUT2D eigenvalue weighted by atomic mass is 17.0. The molecular formula is C36H34N4O14. The first-order valence-electron chi connectivity index (χ1n) is 16.2. The number of carbonyl (C=O) groups excluding carboxylic acids is 3. The summed E-state index contributed by atoms with van der Waals surface area (Å²) in [5.74, 6) is -2.18. The average molecular weight is 747 g/mol. The number of hydrogen-bond acceptors (Lipinski definition) is 14. The molecule has 1 atom stereocenters. The average Bonchev–Trinajstić information content (AvgIpc) is 3.11. The van der Waals surface area contributed by atoms with Gasteiger partial charge in [-0.15, -0.1) is 30.3 Å². The maximum absolute atomic E-state index is 13.2. The molecule has 1 N–H and O–H groups in total. The van der Waals surface area contributed by atoms with Crippen LogP contribution in [-0.2, 0) is 74.4 Å². The molecule has 0 aromatic heterocycles. The Labute approximate surface area is 306 Å². The van der Waals surface area contributed by atoms with Crippen molar-refractivity contribution in [1.29, 1.82) is 0 Å². The second-order valence-electron chi connectivity index (χ2n) is 11.7. The Morgan fingerprint density at radius 3 is 1.39 bits per heavy atom. The van der Waals surface area contributed by atoms with Gasteiger partial charge in [0.15, 0.2) is 11.5 Å². The number of carbonyl (C=O) groups is 3. The molecule has 0 spiro atoms. The molecule has 0 saturated carbocycles. The van der Waals surface area contributed by atoms with Crippen molar-refractivity contribution in [2.24, 2.45) is 0 Å². The van der Waals surface area contributed by atoms with E-state index in [1.54, 1.807) is 85.8 Å². The molecule has 18 heteroatoms. The SMILES string of the molecule is CC(Cc1ccc(OC(=O)Cc2ccccc2CO[N+](=O)[O-])c(OC(=O)Cc2ccccc2CO[N+](=O)[O-])c1)NC(=O)Cc1ccccc1CO[N+](=O)[O-]. The van der Waals surface area contributed by atoms with Crippen molar-refractivity contribution in [3.63, 3.8) is 0 Å². The summed E-state index contributed by atoms with van der Waals surface area (Å²) >= 11 is 0. The van der Waals surface area contributed by atoms with Gasteiger partial charge >= 0.3 is 11.9 Å². The van der Waals surface area contributed by atoms with Gasteiger partial charge in [-0.3, -0.25) is 14.4 Å². The van der Waals surface area contributed by atoms with Gasteiger partial charge in [0.25, 0.3) is 15.3 Å². The third kappa shape index (κ3) is 12.9. The molecule has 4 rings (SSSR count). The largest absolute Gasteiger partial charge is 0.422 e. The van der Waals surface area contributed by atoms with E-state index in [1.165, 1.54) is 12.1 Å². The third-order valence-corrected chi connectivity index (χ3v) is 7.76. The molecule has 4 aromatic rings. The predicted octanol–water partition coefficient (Wildman–Crippen LogP) is 4.40. The Hall–Kier alpha value is -7.11. The number of nitrogens with one attached hydrogen (secondary N) is 1. The van der Waals surface area contributed by atoms with Gasteiger partial charge in [-0.2, -0.15) is 0 Å². The van der Waals surface area contributed by atoms with E-state index in [4.69, 9.17) is 9.47 Å². The Kier molecular flexibility index (Phi) is 14.3. The van der Waals surface area contributed by atoms with Crippen LogP contribution in [0, 0.1) is 30.3 Å².